The number of ketones is 1. The van der Waals surface area contributed by atoms with Gasteiger partial charge in [-0.05, 0) is 45.7 Å². The molecule has 2 aromatic carbocycles. The van der Waals surface area contributed by atoms with Crippen LogP contribution in [0.15, 0.2) is 30.3 Å². The Bertz CT molecular complexity index is 1420. The minimum Gasteiger partial charge on any atom is -0.479 e. The van der Waals surface area contributed by atoms with Gasteiger partial charge in [-0.3, -0.25) is 24.0 Å². The van der Waals surface area contributed by atoms with E-state index in [1.807, 2.05) is 0 Å². The van der Waals surface area contributed by atoms with Crippen LogP contribution in [0.4, 0.5) is 23.2 Å². The van der Waals surface area contributed by atoms with Crippen LogP contribution in [0, 0.1) is 29.2 Å². The molecule has 1 aliphatic rings. The van der Waals surface area contributed by atoms with Crippen molar-refractivity contribution in [3.05, 3.63) is 58.6 Å². The van der Waals surface area contributed by atoms with E-state index in [0.29, 0.717) is 0 Å². The first-order valence-electron chi connectivity index (χ1n) is 13.4. The molecule has 3 rings (SSSR count). The molecular formula is C29H30ClF4N3O7. The number of nitrogens with one attached hydrogen (secondary N) is 2. The Morgan fingerprint density at radius 1 is 1.00 bits per heavy atom. The number of piperidine rings is 1. The summed E-state index contributed by atoms with van der Waals surface area (Å²) >= 11 is 6.01. The van der Waals surface area contributed by atoms with Gasteiger partial charge in [-0.15, -0.1) is 0 Å². The minimum absolute atomic E-state index is 0.0182. The number of nitrogens with zero attached hydrogens (tertiary/aromatic N) is 1. The Labute approximate surface area is 255 Å². The van der Waals surface area contributed by atoms with E-state index in [-0.39, 0.29) is 42.7 Å². The van der Waals surface area contributed by atoms with E-state index in [4.69, 9.17) is 21.1 Å². The second-order valence-corrected chi connectivity index (χ2v) is 11.3. The number of halogens is 5. The number of carbonyl (C=O) groups excluding carboxylic acids is 5. The number of benzene rings is 2. The number of rotatable bonds is 9. The second kappa shape index (κ2) is 14.5. The maximum Gasteiger partial charge on any atom is 0.313 e. The van der Waals surface area contributed by atoms with E-state index in [9.17, 15) is 41.5 Å². The molecule has 1 heterocycles. The molecule has 0 bridgehead atoms. The van der Waals surface area contributed by atoms with Crippen molar-refractivity contribution < 1.29 is 51.0 Å². The Hall–Kier alpha value is -4.20. The van der Waals surface area contributed by atoms with Crippen molar-refractivity contribution in [1.29, 1.82) is 0 Å². The highest BCUT2D eigenvalue weighted by atomic mass is 35.5. The lowest BCUT2D eigenvalue weighted by atomic mass is 9.95. The summed E-state index contributed by atoms with van der Waals surface area (Å²) in [4.78, 5) is 64.8. The molecule has 44 heavy (non-hydrogen) atoms. The molecule has 1 aliphatic heterocycles. The molecule has 0 spiro atoms. The van der Waals surface area contributed by atoms with Gasteiger partial charge in [0.1, 0.15) is 18.2 Å². The molecule has 0 saturated carbocycles. The number of likely N-dealkylation sites (tertiary alicyclic amines) is 1. The summed E-state index contributed by atoms with van der Waals surface area (Å²) in [7, 11) is 0. The third-order valence-electron chi connectivity index (χ3n) is 6.40. The maximum absolute atomic E-state index is 14.0. The van der Waals surface area contributed by atoms with E-state index in [0.717, 1.165) is 0 Å². The SMILES string of the molecule is CC(C)(C)OC(=O)CC(NC(=O)C1CCN(C(=O)C(=O)Nc2ccccc2Cl)CC1)C(=O)COc1c(F)c(F)cc(F)c1F. The maximum atomic E-state index is 14.0. The Kier molecular flexibility index (Phi) is 11.3. The van der Waals surface area contributed by atoms with Crippen molar-refractivity contribution in [2.24, 2.45) is 5.92 Å². The molecule has 2 aromatic rings. The van der Waals surface area contributed by atoms with Gasteiger partial charge in [-0.25, -0.2) is 8.78 Å². The van der Waals surface area contributed by atoms with Gasteiger partial charge in [-0.2, -0.15) is 8.78 Å². The first kappa shape index (κ1) is 34.3. The van der Waals surface area contributed by atoms with Crippen LogP contribution in [0.1, 0.15) is 40.0 Å². The van der Waals surface area contributed by atoms with Crippen molar-refractivity contribution in [1.82, 2.24) is 10.2 Å². The van der Waals surface area contributed by atoms with Gasteiger partial charge in [0, 0.05) is 25.1 Å². The molecule has 0 aromatic heterocycles. The number of Topliss-reactive ketones (excluding diaryl/α,β-unsaturated/α-hetero) is 1. The van der Waals surface area contributed by atoms with Crippen molar-refractivity contribution >= 4 is 46.8 Å². The number of amides is 3. The Morgan fingerprint density at radius 3 is 2.16 bits per heavy atom. The molecule has 2 N–H and O–H groups in total. The second-order valence-electron chi connectivity index (χ2n) is 10.9. The number of hydrogen-bond donors (Lipinski definition) is 2. The van der Waals surface area contributed by atoms with Crippen LogP contribution in [0.2, 0.25) is 5.02 Å². The van der Waals surface area contributed by atoms with Crippen molar-refractivity contribution in [3.63, 3.8) is 0 Å². The lowest BCUT2D eigenvalue weighted by Crippen LogP contribution is -2.50. The number of ether oxygens (including phenoxy) is 2. The summed E-state index contributed by atoms with van der Waals surface area (Å²) in [5.41, 5.74) is -0.701. The average molecular weight is 644 g/mol. The van der Waals surface area contributed by atoms with Crippen LogP contribution >= 0.6 is 11.6 Å². The molecule has 0 radical (unpaired) electrons. The van der Waals surface area contributed by atoms with Crippen molar-refractivity contribution in [3.8, 4) is 5.75 Å². The van der Waals surface area contributed by atoms with Gasteiger partial charge >= 0.3 is 17.8 Å². The predicted molar refractivity (Wildman–Crippen MR) is 149 cm³/mol. The lowest BCUT2D eigenvalue weighted by molar-refractivity contribution is -0.156. The predicted octanol–water partition coefficient (Wildman–Crippen LogP) is 3.94. The summed E-state index contributed by atoms with van der Waals surface area (Å²) in [6, 6.07) is 4.71. The van der Waals surface area contributed by atoms with Crippen LogP contribution in [-0.2, 0) is 28.7 Å². The topological polar surface area (TPSA) is 131 Å². The molecule has 10 nitrogen and oxygen atoms in total. The molecular weight excluding hydrogens is 614 g/mol. The molecule has 3 amide bonds. The van der Waals surface area contributed by atoms with E-state index >= 15 is 0 Å². The Morgan fingerprint density at radius 2 is 1.59 bits per heavy atom. The highest BCUT2D eigenvalue weighted by Gasteiger charge is 2.34. The zero-order valence-electron chi connectivity index (χ0n) is 24.0. The summed E-state index contributed by atoms with van der Waals surface area (Å²) in [6.45, 7) is 3.58. The van der Waals surface area contributed by atoms with Gasteiger partial charge in [0.15, 0.2) is 23.2 Å². The van der Waals surface area contributed by atoms with Gasteiger partial charge in [0.25, 0.3) is 0 Å². The number of hydrogen-bond acceptors (Lipinski definition) is 7. The molecule has 0 aliphatic carbocycles. The monoisotopic (exact) mass is 643 g/mol. The molecule has 1 saturated heterocycles. The van der Waals surface area contributed by atoms with Gasteiger partial charge < -0.3 is 25.0 Å². The highest BCUT2D eigenvalue weighted by molar-refractivity contribution is 6.41. The van der Waals surface area contributed by atoms with Crippen LogP contribution in [0.25, 0.3) is 0 Å². The number of anilines is 1. The van der Waals surface area contributed by atoms with E-state index in [2.05, 4.69) is 10.6 Å². The normalized spacial score (nSPS) is 14.4. The average Bonchev–Trinajstić information content (AvgIpc) is 2.95. The fraction of sp³-hybridized carbons (Fsp3) is 0.414. The third kappa shape index (κ3) is 9.15. The van der Waals surface area contributed by atoms with Gasteiger partial charge in [0.2, 0.25) is 17.5 Å². The first-order chi connectivity index (χ1) is 20.6. The molecule has 15 heteroatoms. The van der Waals surface area contributed by atoms with E-state index in [1.54, 1.807) is 32.9 Å². The Balaban J connectivity index is 1.64. The standard InChI is InChI=1S/C29H30ClF4N3O7/c1-29(2,3)44-22(39)13-20(21(38)14-43-25-23(33)17(31)12-18(32)24(25)34)36-26(40)15-8-10-37(11-9-15)28(42)27(41)35-19-7-5-4-6-16(19)30/h4-7,12,15,20H,8-11,13-14H2,1-3H3,(H,35,41)(H,36,40). The lowest BCUT2D eigenvalue weighted by Gasteiger charge is -2.31. The van der Waals surface area contributed by atoms with Crippen LogP contribution in [0.3, 0.4) is 0 Å². The van der Waals surface area contributed by atoms with Crippen LogP contribution in [0.5, 0.6) is 5.75 Å². The summed E-state index contributed by atoms with van der Waals surface area (Å²) in [5.74, 6) is -13.9. The highest BCUT2D eigenvalue weighted by Crippen LogP contribution is 2.27. The van der Waals surface area contributed by atoms with E-state index < -0.39 is 89.1 Å². The molecule has 1 fully saturated rings. The number of carbonyl (C=O) groups is 5. The summed E-state index contributed by atoms with van der Waals surface area (Å²) in [6.07, 6.45) is -0.493. The summed E-state index contributed by atoms with van der Waals surface area (Å²) < 4.78 is 65.0. The van der Waals surface area contributed by atoms with Crippen LogP contribution < -0.4 is 15.4 Å². The zero-order valence-corrected chi connectivity index (χ0v) is 24.7. The fourth-order valence-electron chi connectivity index (χ4n) is 4.23. The van der Waals surface area contributed by atoms with Crippen molar-refractivity contribution in [2.45, 2.75) is 51.7 Å². The first-order valence-corrected chi connectivity index (χ1v) is 13.8. The third-order valence-corrected chi connectivity index (χ3v) is 6.73. The van der Waals surface area contributed by atoms with Gasteiger partial charge in [0.05, 0.1) is 17.1 Å². The largest absolute Gasteiger partial charge is 0.479 e. The van der Waals surface area contributed by atoms with Crippen LogP contribution in [-0.4, -0.2) is 65.7 Å². The number of esters is 1. The molecule has 238 valence electrons. The smallest absolute Gasteiger partial charge is 0.313 e. The quantitative estimate of drug-likeness (QED) is 0.183. The fourth-order valence-corrected chi connectivity index (χ4v) is 4.42. The zero-order chi connectivity index (χ0) is 32.8. The molecule has 1 atom stereocenters. The summed E-state index contributed by atoms with van der Waals surface area (Å²) in [5, 5.41) is 5.06. The molecule has 1 unspecified atom stereocenters. The minimum atomic E-state index is -1.87. The van der Waals surface area contributed by atoms with Gasteiger partial charge in [-0.1, -0.05) is 23.7 Å². The number of para-hydroxylation sites is 1. The van der Waals surface area contributed by atoms with E-state index in [1.165, 1.54) is 17.0 Å². The van der Waals surface area contributed by atoms with Crippen molar-refractivity contribution in [2.75, 3.05) is 25.0 Å².